The van der Waals surface area contributed by atoms with Crippen LogP contribution in [0, 0.1) is 6.92 Å². The third-order valence-corrected chi connectivity index (χ3v) is 3.67. The number of rotatable bonds is 7. The van der Waals surface area contributed by atoms with Gasteiger partial charge in [0.25, 0.3) is 0 Å². The van der Waals surface area contributed by atoms with Crippen molar-refractivity contribution in [1.82, 2.24) is 20.1 Å². The Morgan fingerprint density at radius 3 is 2.76 bits per heavy atom. The summed E-state index contributed by atoms with van der Waals surface area (Å²) in [6, 6.07) is 6.23. The smallest absolute Gasteiger partial charge is 0.0596 e. The molecule has 0 saturated carbocycles. The molecule has 2 aromatic rings. The minimum atomic E-state index is 0.184. The molecule has 0 amide bonds. The van der Waals surface area contributed by atoms with Gasteiger partial charge in [0.2, 0.25) is 0 Å². The van der Waals surface area contributed by atoms with Gasteiger partial charge in [-0.3, -0.25) is 9.67 Å². The van der Waals surface area contributed by atoms with Crippen LogP contribution in [0.15, 0.2) is 24.4 Å². The van der Waals surface area contributed by atoms with E-state index in [0.717, 1.165) is 37.3 Å². The van der Waals surface area contributed by atoms with Crippen LogP contribution in [0.5, 0.6) is 0 Å². The Hall–Kier alpha value is -1.39. The third kappa shape index (κ3) is 4.29. The fraction of sp³-hybridized carbons (Fsp3) is 0.500. The Kier molecular flexibility index (Phi) is 5.76. The van der Waals surface area contributed by atoms with Crippen molar-refractivity contribution in [1.29, 1.82) is 0 Å². The van der Waals surface area contributed by atoms with Gasteiger partial charge in [-0.25, -0.2) is 0 Å². The average molecular weight is 307 g/mol. The number of aromatic nitrogens is 3. The van der Waals surface area contributed by atoms with Crippen molar-refractivity contribution in [2.45, 2.75) is 46.2 Å². The van der Waals surface area contributed by atoms with Crippen LogP contribution in [-0.2, 0) is 13.0 Å². The first-order chi connectivity index (χ1) is 10.1. The molecule has 1 N–H and O–H groups in total. The van der Waals surface area contributed by atoms with Crippen LogP contribution in [0.25, 0.3) is 0 Å². The minimum Gasteiger partial charge on any atom is -0.308 e. The second-order valence-electron chi connectivity index (χ2n) is 5.20. The molecule has 2 aromatic heterocycles. The molecule has 114 valence electrons. The summed E-state index contributed by atoms with van der Waals surface area (Å²) in [6.45, 7) is 8.17. The molecule has 0 saturated heterocycles. The van der Waals surface area contributed by atoms with Gasteiger partial charge < -0.3 is 5.32 Å². The summed E-state index contributed by atoms with van der Waals surface area (Å²) in [4.78, 5) is 4.47. The van der Waals surface area contributed by atoms with Gasteiger partial charge >= 0.3 is 0 Å². The molecule has 5 heteroatoms. The molecule has 21 heavy (non-hydrogen) atoms. The van der Waals surface area contributed by atoms with E-state index >= 15 is 0 Å². The molecule has 0 fully saturated rings. The Morgan fingerprint density at radius 1 is 1.33 bits per heavy atom. The summed E-state index contributed by atoms with van der Waals surface area (Å²) in [5.41, 5.74) is 3.32. The van der Waals surface area contributed by atoms with E-state index in [1.807, 2.05) is 19.1 Å². The second kappa shape index (κ2) is 7.57. The number of pyridine rings is 1. The van der Waals surface area contributed by atoms with Crippen LogP contribution in [-0.4, -0.2) is 21.3 Å². The van der Waals surface area contributed by atoms with Crippen molar-refractivity contribution in [3.63, 3.8) is 0 Å². The lowest BCUT2D eigenvalue weighted by Crippen LogP contribution is -2.26. The van der Waals surface area contributed by atoms with E-state index in [2.05, 4.69) is 40.0 Å². The van der Waals surface area contributed by atoms with E-state index < -0.39 is 0 Å². The third-order valence-electron chi connectivity index (χ3n) is 3.45. The molecule has 0 bridgehead atoms. The van der Waals surface area contributed by atoms with Gasteiger partial charge in [0, 0.05) is 24.9 Å². The Bertz CT molecular complexity index is 562. The maximum atomic E-state index is 5.93. The van der Waals surface area contributed by atoms with Gasteiger partial charge in [0.1, 0.15) is 0 Å². The van der Waals surface area contributed by atoms with Gasteiger partial charge in [0.05, 0.1) is 22.5 Å². The first-order valence-electron chi connectivity index (χ1n) is 7.52. The van der Waals surface area contributed by atoms with Crippen molar-refractivity contribution < 1.29 is 0 Å². The van der Waals surface area contributed by atoms with Crippen molar-refractivity contribution >= 4 is 11.6 Å². The Morgan fingerprint density at radius 2 is 2.14 bits per heavy atom. The largest absolute Gasteiger partial charge is 0.308 e. The van der Waals surface area contributed by atoms with Gasteiger partial charge in [-0.15, -0.1) is 0 Å². The lowest BCUT2D eigenvalue weighted by molar-refractivity contribution is 0.493. The van der Waals surface area contributed by atoms with Crippen molar-refractivity contribution in [3.05, 3.63) is 46.5 Å². The highest BCUT2D eigenvalue weighted by Crippen LogP contribution is 2.19. The van der Waals surface area contributed by atoms with Gasteiger partial charge in [-0.05, 0) is 45.0 Å². The van der Waals surface area contributed by atoms with Crippen LogP contribution < -0.4 is 5.32 Å². The van der Waals surface area contributed by atoms with Crippen molar-refractivity contribution in [3.8, 4) is 0 Å². The lowest BCUT2D eigenvalue weighted by atomic mass is 10.1. The van der Waals surface area contributed by atoms with E-state index in [1.165, 1.54) is 5.69 Å². The van der Waals surface area contributed by atoms with Crippen LogP contribution in [0.1, 0.15) is 43.4 Å². The van der Waals surface area contributed by atoms with Gasteiger partial charge in [-0.2, -0.15) is 5.10 Å². The predicted octanol–water partition coefficient (Wildman–Crippen LogP) is 3.54. The molecule has 2 heterocycles. The summed E-state index contributed by atoms with van der Waals surface area (Å²) in [6.07, 6.45) is 3.68. The van der Waals surface area contributed by atoms with Crippen LogP contribution in [0.2, 0.25) is 5.02 Å². The standard InChI is InChI=1S/C16H23ClN4/c1-4-8-18-16(15-7-6-13(17)11-19-15)10-14-9-12(3)20-21(14)5-2/h6-7,9,11,16,18H,4-5,8,10H2,1-3H3. The first kappa shape index (κ1) is 16.0. The topological polar surface area (TPSA) is 42.7 Å². The highest BCUT2D eigenvalue weighted by molar-refractivity contribution is 6.30. The lowest BCUT2D eigenvalue weighted by Gasteiger charge is -2.18. The Labute approximate surface area is 131 Å². The number of nitrogens with zero attached hydrogens (tertiary/aromatic N) is 3. The van der Waals surface area contributed by atoms with E-state index in [-0.39, 0.29) is 6.04 Å². The number of halogens is 1. The molecule has 0 aliphatic carbocycles. The van der Waals surface area contributed by atoms with Crippen LogP contribution in [0.4, 0.5) is 0 Å². The number of hydrogen-bond donors (Lipinski definition) is 1. The van der Waals surface area contributed by atoms with E-state index in [4.69, 9.17) is 11.6 Å². The summed E-state index contributed by atoms with van der Waals surface area (Å²) in [7, 11) is 0. The number of aryl methyl sites for hydroxylation is 2. The molecule has 0 radical (unpaired) electrons. The average Bonchev–Trinajstić information content (AvgIpc) is 2.84. The fourth-order valence-electron chi connectivity index (χ4n) is 2.44. The maximum absolute atomic E-state index is 5.93. The number of hydrogen-bond acceptors (Lipinski definition) is 3. The minimum absolute atomic E-state index is 0.184. The predicted molar refractivity (Wildman–Crippen MR) is 86.6 cm³/mol. The summed E-state index contributed by atoms with van der Waals surface area (Å²) in [5, 5.41) is 8.75. The van der Waals surface area contributed by atoms with Crippen molar-refractivity contribution in [2.24, 2.45) is 0 Å². The van der Waals surface area contributed by atoms with Crippen LogP contribution in [0.3, 0.4) is 0 Å². The molecule has 4 nitrogen and oxygen atoms in total. The van der Waals surface area contributed by atoms with Crippen LogP contribution >= 0.6 is 11.6 Å². The highest BCUT2D eigenvalue weighted by Gasteiger charge is 2.16. The highest BCUT2D eigenvalue weighted by atomic mass is 35.5. The van der Waals surface area contributed by atoms with Crippen molar-refractivity contribution in [2.75, 3.05) is 6.54 Å². The maximum Gasteiger partial charge on any atom is 0.0596 e. The zero-order valence-corrected chi connectivity index (χ0v) is 13.7. The zero-order valence-electron chi connectivity index (χ0n) is 12.9. The summed E-state index contributed by atoms with van der Waals surface area (Å²) >= 11 is 5.93. The normalized spacial score (nSPS) is 12.6. The SMILES string of the molecule is CCCNC(Cc1cc(C)nn1CC)c1ccc(Cl)cn1. The molecular weight excluding hydrogens is 284 g/mol. The molecule has 0 aliphatic rings. The molecule has 1 unspecified atom stereocenters. The van der Waals surface area contributed by atoms with E-state index in [9.17, 15) is 0 Å². The number of nitrogens with one attached hydrogen (secondary N) is 1. The molecule has 0 aromatic carbocycles. The summed E-state index contributed by atoms with van der Waals surface area (Å²) < 4.78 is 2.06. The van der Waals surface area contributed by atoms with E-state index in [1.54, 1.807) is 6.20 Å². The second-order valence-corrected chi connectivity index (χ2v) is 5.64. The zero-order chi connectivity index (χ0) is 15.2. The molecular formula is C16H23ClN4. The monoisotopic (exact) mass is 306 g/mol. The molecule has 0 spiro atoms. The first-order valence-corrected chi connectivity index (χ1v) is 7.90. The fourth-order valence-corrected chi connectivity index (χ4v) is 2.55. The quantitative estimate of drug-likeness (QED) is 0.851. The Balaban J connectivity index is 2.21. The van der Waals surface area contributed by atoms with Gasteiger partial charge in [-0.1, -0.05) is 18.5 Å². The molecule has 2 rings (SSSR count). The molecule has 1 atom stereocenters. The molecule has 0 aliphatic heterocycles. The summed E-state index contributed by atoms with van der Waals surface area (Å²) in [5.74, 6) is 0. The van der Waals surface area contributed by atoms with E-state index in [0.29, 0.717) is 5.02 Å². The van der Waals surface area contributed by atoms with Gasteiger partial charge in [0.15, 0.2) is 0 Å².